The van der Waals surface area contributed by atoms with E-state index in [4.69, 9.17) is 11.2 Å². The van der Waals surface area contributed by atoms with Crippen molar-refractivity contribution >= 4 is 24.1 Å². The average molecular weight is 340 g/mol. The Kier molecular flexibility index (Phi) is 7.38. The van der Waals surface area contributed by atoms with E-state index in [-0.39, 0.29) is 33.5 Å². The molecule has 4 heteroatoms. The molecular weight excluding hydrogens is 320 g/mol. The van der Waals surface area contributed by atoms with Crippen LogP contribution >= 0.6 is 24.1 Å². The summed E-state index contributed by atoms with van der Waals surface area (Å²) >= 11 is 6.42. The van der Waals surface area contributed by atoms with E-state index in [0.717, 1.165) is 0 Å². The van der Waals surface area contributed by atoms with E-state index in [1.165, 1.54) is 12.8 Å². The minimum atomic E-state index is -0.134. The molecule has 0 nitrogen and oxygen atoms in total. The molecule has 0 fully saturated rings. The summed E-state index contributed by atoms with van der Waals surface area (Å²) < 4.78 is 0.677. The van der Waals surface area contributed by atoms with Crippen molar-refractivity contribution in [1.82, 2.24) is 0 Å². The summed E-state index contributed by atoms with van der Waals surface area (Å²) in [6.07, 6.45) is 2.68. The van der Waals surface area contributed by atoms with Gasteiger partial charge in [0.1, 0.15) is 0 Å². The molecule has 76 valence electrons. The van der Waals surface area contributed by atoms with Crippen LogP contribution in [0.4, 0.5) is 0 Å². The fraction of sp³-hybridized carbons (Fsp3) is 1.00. The summed E-state index contributed by atoms with van der Waals surface area (Å²) in [4.78, 5) is -0.134. The van der Waals surface area contributed by atoms with Crippen molar-refractivity contribution in [3.8, 4) is 0 Å². The van der Waals surface area contributed by atoms with E-state index in [1.54, 1.807) is 0 Å². The van der Waals surface area contributed by atoms with E-state index >= 15 is 0 Å². The zero-order chi connectivity index (χ0) is 9.78. The van der Waals surface area contributed by atoms with Crippen molar-refractivity contribution in [2.24, 2.45) is 0 Å². The molecule has 0 radical (unpaired) electrons. The van der Waals surface area contributed by atoms with Gasteiger partial charge in [0, 0.05) is 0 Å². The molecule has 0 N–H and O–H groups in total. The Bertz CT molecular complexity index is 124. The molecule has 0 aliphatic heterocycles. The van der Waals surface area contributed by atoms with E-state index in [2.05, 4.69) is 33.8 Å². The van der Waals surface area contributed by atoms with Gasteiger partial charge in [0.25, 0.3) is 0 Å². The molecule has 12 heavy (non-hydrogen) atoms. The molecule has 1 atom stereocenters. The first-order valence-corrected chi connectivity index (χ1v) is 13.0. The molecule has 0 aromatic rings. The molecule has 0 aromatic heterocycles. The predicted octanol–water partition coefficient (Wildman–Crippen LogP) is 1.51. The number of alkyl halides is 1. The summed E-state index contributed by atoms with van der Waals surface area (Å²) in [5, 5.41) is 0. The van der Waals surface area contributed by atoms with E-state index in [9.17, 15) is 0 Å². The Morgan fingerprint density at radius 1 is 1.17 bits per heavy atom. The molecule has 0 aromatic carbocycles. The summed E-state index contributed by atoms with van der Waals surface area (Å²) in [6, 6.07) is 0. The molecule has 1 unspecified atom stereocenters. The third kappa shape index (κ3) is 3.95. The van der Waals surface area contributed by atoms with Crippen molar-refractivity contribution in [3.63, 3.8) is 0 Å². The van der Waals surface area contributed by atoms with Gasteiger partial charge in [-0.15, -0.1) is 0 Å². The first-order valence-electron chi connectivity index (χ1n) is 4.21. The van der Waals surface area contributed by atoms with Gasteiger partial charge in [-0.1, -0.05) is 0 Å². The Labute approximate surface area is 94.1 Å². The summed E-state index contributed by atoms with van der Waals surface area (Å²) in [7, 11) is 0.200. The van der Waals surface area contributed by atoms with Crippen molar-refractivity contribution in [2.45, 2.75) is 29.9 Å². The first kappa shape index (κ1) is 13.9. The number of halogens is 2. The molecule has 0 saturated heterocycles. The van der Waals surface area contributed by atoms with Crippen LogP contribution in [-0.2, 0) is 0 Å². The second-order valence-electron chi connectivity index (χ2n) is 3.01. The third-order valence-electron chi connectivity index (χ3n) is 2.16. The van der Waals surface area contributed by atoms with Crippen LogP contribution in [0, 0.1) is 0 Å². The summed E-state index contributed by atoms with van der Waals surface area (Å²) in [6.45, 7) is 11.7. The molecule has 0 saturated carbocycles. The quantitative estimate of drug-likeness (QED) is 0.405. The Morgan fingerprint density at radius 3 is 1.67 bits per heavy atom. The summed E-state index contributed by atoms with van der Waals surface area (Å²) in [5.74, 6) is 0. The molecular formula is C8H19ClIP2-. The van der Waals surface area contributed by atoms with Crippen molar-refractivity contribution < 1.29 is 20.7 Å². The fourth-order valence-electron chi connectivity index (χ4n) is 1.29. The number of hydrogen-bond donors (Lipinski definition) is 0. The van der Waals surface area contributed by atoms with Gasteiger partial charge < -0.3 is 0 Å². The van der Waals surface area contributed by atoms with Gasteiger partial charge in [0.05, 0.1) is 0 Å². The zero-order valence-corrected chi connectivity index (χ0v) is 13.3. The molecule has 0 rings (SSSR count). The van der Waals surface area contributed by atoms with Crippen LogP contribution in [0.3, 0.4) is 0 Å². The standard InChI is InChI=1S/C8H19ClIP2/c1-6-8(7-2,11(3)4)10-12(5)9/h6-7H2,1-5H3/q-1. The van der Waals surface area contributed by atoms with Gasteiger partial charge in [0.2, 0.25) is 0 Å². The summed E-state index contributed by atoms with van der Waals surface area (Å²) in [5.41, 5.74) is 0. The monoisotopic (exact) mass is 339 g/mol. The van der Waals surface area contributed by atoms with Gasteiger partial charge in [-0.2, -0.15) is 0 Å². The average Bonchev–Trinajstić information content (AvgIpc) is 1.99. The van der Waals surface area contributed by atoms with Crippen LogP contribution in [0.1, 0.15) is 26.7 Å². The Hall–Kier alpha value is 1.88. The number of rotatable bonds is 5. The van der Waals surface area contributed by atoms with Crippen LogP contribution in [0.25, 0.3) is 0 Å². The minimum absolute atomic E-state index is 0.134. The van der Waals surface area contributed by atoms with E-state index < -0.39 is 0 Å². The SMILES string of the molecule is CCC(CC)([I-]P(C)Cl)P(C)C. The molecule has 0 heterocycles. The van der Waals surface area contributed by atoms with Gasteiger partial charge >= 0.3 is 94.6 Å². The van der Waals surface area contributed by atoms with Gasteiger partial charge in [-0.05, 0) is 0 Å². The Balaban J connectivity index is 4.35. The predicted molar refractivity (Wildman–Crippen MR) is 60.8 cm³/mol. The van der Waals surface area contributed by atoms with Gasteiger partial charge in [0.15, 0.2) is 0 Å². The van der Waals surface area contributed by atoms with Crippen LogP contribution in [-0.4, -0.2) is 23.2 Å². The molecule has 0 aliphatic carbocycles. The van der Waals surface area contributed by atoms with Crippen molar-refractivity contribution in [2.75, 3.05) is 20.0 Å². The second-order valence-corrected chi connectivity index (χ2v) is 18.6. The maximum absolute atomic E-state index is 6.19. The molecule has 0 amide bonds. The van der Waals surface area contributed by atoms with Crippen LogP contribution < -0.4 is 20.7 Å². The maximum atomic E-state index is 6.19. The topological polar surface area (TPSA) is 0 Å². The normalized spacial score (nSPS) is 15.6. The Morgan fingerprint density at radius 2 is 1.58 bits per heavy atom. The van der Waals surface area contributed by atoms with Gasteiger partial charge in [-0.3, -0.25) is 0 Å². The number of hydrogen-bond acceptors (Lipinski definition) is 0. The van der Waals surface area contributed by atoms with Crippen LogP contribution in [0.15, 0.2) is 0 Å². The first-order chi connectivity index (χ1) is 5.48. The molecule has 0 spiro atoms. The van der Waals surface area contributed by atoms with Crippen molar-refractivity contribution in [3.05, 3.63) is 0 Å². The van der Waals surface area contributed by atoms with Crippen molar-refractivity contribution in [1.29, 1.82) is 0 Å². The second kappa shape index (κ2) is 6.38. The van der Waals surface area contributed by atoms with Crippen LogP contribution in [0.5, 0.6) is 0 Å². The zero-order valence-electron chi connectivity index (χ0n) is 8.56. The van der Waals surface area contributed by atoms with E-state index in [0.29, 0.717) is 3.16 Å². The third-order valence-corrected chi connectivity index (χ3v) is 16.9. The molecule has 0 bridgehead atoms. The van der Waals surface area contributed by atoms with E-state index in [1.807, 2.05) is 0 Å². The van der Waals surface area contributed by atoms with Crippen LogP contribution in [0.2, 0.25) is 0 Å². The fourth-order valence-corrected chi connectivity index (χ4v) is 19.1. The molecule has 0 aliphatic rings. The van der Waals surface area contributed by atoms with Gasteiger partial charge in [-0.25, -0.2) is 0 Å².